The molecule has 1 atom stereocenters. The van der Waals surface area contributed by atoms with Crippen molar-refractivity contribution in [2.24, 2.45) is 5.41 Å². The summed E-state index contributed by atoms with van der Waals surface area (Å²) in [7, 11) is -2.86. The molecule has 1 N–H and O–H groups in total. The number of hydrogen-bond donors (Lipinski definition) is 1. The molecule has 0 spiro atoms. The van der Waals surface area contributed by atoms with Crippen molar-refractivity contribution in [3.63, 3.8) is 0 Å². The average Bonchev–Trinajstić information content (AvgIpc) is 2.25. The maximum Gasteiger partial charge on any atom is 0.147 e. The lowest BCUT2D eigenvalue weighted by Gasteiger charge is -2.39. The van der Waals surface area contributed by atoms with Crippen molar-refractivity contribution in [2.75, 3.05) is 31.8 Å². The van der Waals surface area contributed by atoms with Gasteiger partial charge in [0.25, 0.3) is 0 Å². The monoisotopic (exact) mass is 291 g/mol. The summed E-state index contributed by atoms with van der Waals surface area (Å²) in [6.45, 7) is 8.95. The van der Waals surface area contributed by atoms with E-state index in [1.165, 1.54) is 6.26 Å². The summed E-state index contributed by atoms with van der Waals surface area (Å²) < 4.78 is 28.1. The van der Waals surface area contributed by atoms with E-state index in [4.69, 9.17) is 4.74 Å². The Hall–Kier alpha value is -0.130. The first-order chi connectivity index (χ1) is 8.62. The molecule has 0 amide bonds. The Bertz CT molecular complexity index is 365. The second kappa shape index (κ2) is 6.55. The van der Waals surface area contributed by atoms with Gasteiger partial charge in [-0.1, -0.05) is 0 Å². The summed E-state index contributed by atoms with van der Waals surface area (Å²) >= 11 is 0. The number of rotatable bonds is 6. The topological polar surface area (TPSA) is 55.4 Å². The fraction of sp³-hybridized carbons (Fsp3) is 1.00. The van der Waals surface area contributed by atoms with Crippen LogP contribution in [0.1, 0.15) is 46.5 Å². The van der Waals surface area contributed by atoms with Crippen molar-refractivity contribution in [3.05, 3.63) is 0 Å². The van der Waals surface area contributed by atoms with Crippen LogP contribution < -0.4 is 5.32 Å². The highest BCUT2D eigenvalue weighted by Crippen LogP contribution is 2.33. The summed E-state index contributed by atoms with van der Waals surface area (Å²) in [5.74, 6) is 0.282. The molecule has 114 valence electrons. The number of hydrogen-bond acceptors (Lipinski definition) is 4. The molecule has 1 unspecified atom stereocenters. The standard InChI is InChI=1S/C14H29NO3S/c1-13(2,3)15-11-14(7-5-9-18-12-14)8-6-10-19(4,16)17/h15H,5-12H2,1-4H3. The van der Waals surface area contributed by atoms with E-state index in [0.717, 1.165) is 45.4 Å². The molecule has 5 heteroatoms. The van der Waals surface area contributed by atoms with Crippen molar-refractivity contribution in [2.45, 2.75) is 52.0 Å². The molecule has 0 aromatic rings. The smallest absolute Gasteiger partial charge is 0.147 e. The molecule has 1 rings (SSSR count). The van der Waals surface area contributed by atoms with Gasteiger partial charge in [-0.05, 0) is 46.5 Å². The molecule has 0 aliphatic carbocycles. The normalized spacial score (nSPS) is 25.5. The Morgan fingerprint density at radius 1 is 1.32 bits per heavy atom. The maximum atomic E-state index is 11.2. The van der Waals surface area contributed by atoms with Crippen LogP contribution in [0, 0.1) is 5.41 Å². The SMILES string of the molecule is CC(C)(C)NCC1(CCCS(C)(=O)=O)CCCOC1. The molecule has 1 heterocycles. The molecule has 1 saturated heterocycles. The first-order valence-corrected chi connectivity index (χ1v) is 9.19. The van der Waals surface area contributed by atoms with Crippen molar-refractivity contribution in [1.29, 1.82) is 0 Å². The van der Waals surface area contributed by atoms with Gasteiger partial charge in [0.15, 0.2) is 0 Å². The van der Waals surface area contributed by atoms with Crippen LogP contribution in [0.4, 0.5) is 0 Å². The molecule has 0 aromatic heterocycles. The van der Waals surface area contributed by atoms with Crippen molar-refractivity contribution in [1.82, 2.24) is 5.32 Å². The van der Waals surface area contributed by atoms with E-state index in [0.29, 0.717) is 0 Å². The van der Waals surface area contributed by atoms with Gasteiger partial charge < -0.3 is 10.1 Å². The summed E-state index contributed by atoms with van der Waals surface area (Å²) in [4.78, 5) is 0. The maximum absolute atomic E-state index is 11.2. The third kappa shape index (κ3) is 7.28. The quantitative estimate of drug-likeness (QED) is 0.813. The van der Waals surface area contributed by atoms with Crippen molar-refractivity contribution in [3.8, 4) is 0 Å². The highest BCUT2D eigenvalue weighted by Gasteiger charge is 2.33. The van der Waals surface area contributed by atoms with Crippen LogP contribution in [0.2, 0.25) is 0 Å². The zero-order valence-corrected chi connectivity index (χ0v) is 13.6. The van der Waals surface area contributed by atoms with Crippen molar-refractivity contribution >= 4 is 9.84 Å². The van der Waals surface area contributed by atoms with Gasteiger partial charge in [0.2, 0.25) is 0 Å². The van der Waals surface area contributed by atoms with Crippen LogP contribution in [0.5, 0.6) is 0 Å². The van der Waals surface area contributed by atoms with Crippen molar-refractivity contribution < 1.29 is 13.2 Å². The Balaban J connectivity index is 2.54. The van der Waals surface area contributed by atoms with Gasteiger partial charge in [-0.25, -0.2) is 8.42 Å². The second-order valence-electron chi connectivity index (χ2n) is 6.99. The number of ether oxygens (including phenoxy) is 1. The van der Waals surface area contributed by atoms with Gasteiger partial charge in [0.1, 0.15) is 9.84 Å². The van der Waals surface area contributed by atoms with Crippen LogP contribution in [-0.2, 0) is 14.6 Å². The van der Waals surface area contributed by atoms with Gasteiger partial charge in [0.05, 0.1) is 6.61 Å². The minimum Gasteiger partial charge on any atom is -0.381 e. The highest BCUT2D eigenvalue weighted by molar-refractivity contribution is 7.90. The molecule has 0 bridgehead atoms. The first kappa shape index (κ1) is 16.9. The Morgan fingerprint density at radius 2 is 2.00 bits per heavy atom. The second-order valence-corrected chi connectivity index (χ2v) is 9.25. The van der Waals surface area contributed by atoms with Crippen LogP contribution in [0.25, 0.3) is 0 Å². The fourth-order valence-corrected chi connectivity index (χ4v) is 3.17. The summed E-state index contributed by atoms with van der Waals surface area (Å²) in [5, 5.41) is 3.55. The van der Waals surface area contributed by atoms with E-state index < -0.39 is 9.84 Å². The van der Waals surface area contributed by atoms with Crippen LogP contribution in [0.3, 0.4) is 0 Å². The predicted octanol–water partition coefficient (Wildman–Crippen LogP) is 2.00. The molecule has 4 nitrogen and oxygen atoms in total. The third-order valence-electron chi connectivity index (χ3n) is 3.62. The lowest BCUT2D eigenvalue weighted by atomic mass is 9.78. The van der Waals surface area contributed by atoms with Crippen LogP contribution >= 0.6 is 0 Å². The van der Waals surface area contributed by atoms with E-state index in [9.17, 15) is 8.42 Å². The molecule has 1 aliphatic heterocycles. The first-order valence-electron chi connectivity index (χ1n) is 7.13. The molecular formula is C14H29NO3S. The zero-order valence-electron chi connectivity index (χ0n) is 12.8. The lowest BCUT2D eigenvalue weighted by Crippen LogP contribution is -2.47. The molecule has 0 aromatic carbocycles. The summed E-state index contributed by atoms with van der Waals surface area (Å²) in [6.07, 6.45) is 5.16. The van der Waals surface area contributed by atoms with E-state index in [1.807, 2.05) is 0 Å². The van der Waals surface area contributed by atoms with Crippen LogP contribution in [-0.4, -0.2) is 45.7 Å². The third-order valence-corrected chi connectivity index (χ3v) is 4.65. The molecule has 19 heavy (non-hydrogen) atoms. The van der Waals surface area contributed by atoms with E-state index in [-0.39, 0.29) is 16.7 Å². The Morgan fingerprint density at radius 3 is 2.47 bits per heavy atom. The van der Waals surface area contributed by atoms with E-state index in [2.05, 4.69) is 26.1 Å². The minimum atomic E-state index is -2.86. The van der Waals surface area contributed by atoms with E-state index in [1.54, 1.807) is 0 Å². The molecule has 0 radical (unpaired) electrons. The van der Waals surface area contributed by atoms with Gasteiger partial charge in [0, 0.05) is 36.1 Å². The summed E-state index contributed by atoms with van der Waals surface area (Å²) in [5.41, 5.74) is 0.192. The lowest BCUT2D eigenvalue weighted by molar-refractivity contribution is -0.0150. The molecule has 1 aliphatic rings. The number of sulfone groups is 1. The highest BCUT2D eigenvalue weighted by atomic mass is 32.2. The van der Waals surface area contributed by atoms with E-state index >= 15 is 0 Å². The minimum absolute atomic E-state index is 0.0846. The molecular weight excluding hydrogens is 262 g/mol. The Labute approximate surface area is 118 Å². The van der Waals surface area contributed by atoms with Gasteiger partial charge in [-0.15, -0.1) is 0 Å². The van der Waals surface area contributed by atoms with Gasteiger partial charge in [-0.3, -0.25) is 0 Å². The summed E-state index contributed by atoms with van der Waals surface area (Å²) in [6, 6.07) is 0. The Kier molecular flexibility index (Phi) is 5.83. The zero-order chi connectivity index (χ0) is 14.6. The molecule has 1 fully saturated rings. The van der Waals surface area contributed by atoms with Gasteiger partial charge in [-0.2, -0.15) is 0 Å². The largest absolute Gasteiger partial charge is 0.381 e. The number of nitrogens with one attached hydrogen (secondary N) is 1. The van der Waals surface area contributed by atoms with Crippen LogP contribution in [0.15, 0.2) is 0 Å². The predicted molar refractivity (Wildman–Crippen MR) is 79.2 cm³/mol. The average molecular weight is 291 g/mol. The fourth-order valence-electron chi connectivity index (χ4n) is 2.50. The van der Waals surface area contributed by atoms with Gasteiger partial charge >= 0.3 is 0 Å². The molecule has 0 saturated carbocycles.